The van der Waals surface area contributed by atoms with Gasteiger partial charge in [0.15, 0.2) is 0 Å². The van der Waals surface area contributed by atoms with Crippen LogP contribution in [0.15, 0.2) is 11.8 Å². The molecule has 0 bridgehead atoms. The Morgan fingerprint density at radius 3 is 1.91 bits per heavy atom. The molecule has 0 spiro atoms. The van der Waals surface area contributed by atoms with Gasteiger partial charge in [-0.1, -0.05) is 6.08 Å². The highest BCUT2D eigenvalue weighted by Crippen LogP contribution is 2.08. The number of rotatable bonds is 5. The van der Waals surface area contributed by atoms with Gasteiger partial charge in [-0.05, 0) is 33.0 Å². The number of allylic oxidation sites excluding steroid dienone is 1. The molecule has 0 aromatic heterocycles. The van der Waals surface area contributed by atoms with Crippen molar-refractivity contribution in [1.82, 2.24) is 0 Å². The third-order valence-electron chi connectivity index (χ3n) is 1.33. The molecule has 66 valence electrons. The normalized spacial score (nSPS) is 12.7. The van der Waals surface area contributed by atoms with E-state index in [1.54, 1.807) is 0 Å². The fourth-order valence-corrected chi connectivity index (χ4v) is 3.04. The van der Waals surface area contributed by atoms with Crippen molar-refractivity contribution in [1.29, 1.82) is 0 Å². The molecule has 0 unspecified atom stereocenters. The van der Waals surface area contributed by atoms with Crippen LogP contribution in [-0.2, 0) is 8.85 Å². The van der Waals surface area contributed by atoms with E-state index in [1.165, 1.54) is 0 Å². The molecule has 0 amide bonds. The van der Waals surface area contributed by atoms with E-state index in [9.17, 15) is 0 Å². The Kier molecular flexibility index (Phi) is 5.46. The SMILES string of the molecule is CC=C[Si](C)(OCC)OCC. The summed E-state index contributed by atoms with van der Waals surface area (Å²) < 4.78 is 11.1. The fraction of sp³-hybridized carbons (Fsp3) is 0.750. The van der Waals surface area contributed by atoms with Gasteiger partial charge in [-0.25, -0.2) is 0 Å². The second-order valence-electron chi connectivity index (χ2n) is 2.38. The van der Waals surface area contributed by atoms with Gasteiger partial charge in [0.25, 0.3) is 0 Å². The van der Waals surface area contributed by atoms with Gasteiger partial charge in [0.05, 0.1) is 0 Å². The molecule has 0 radical (unpaired) electrons. The second kappa shape index (κ2) is 5.52. The number of hydrogen-bond acceptors (Lipinski definition) is 2. The first-order valence-corrected chi connectivity index (χ1v) is 6.49. The van der Waals surface area contributed by atoms with E-state index in [4.69, 9.17) is 8.85 Å². The Morgan fingerprint density at radius 2 is 1.64 bits per heavy atom. The van der Waals surface area contributed by atoms with Crippen LogP contribution in [0.25, 0.3) is 0 Å². The average Bonchev–Trinajstić information content (AvgIpc) is 1.88. The van der Waals surface area contributed by atoms with Crippen LogP contribution in [0.1, 0.15) is 20.8 Å². The maximum absolute atomic E-state index is 5.54. The maximum atomic E-state index is 5.54. The molecular weight excluding hydrogens is 156 g/mol. The standard InChI is InChI=1S/C8H18O2Si/c1-5-8-11(4,9-6-2)10-7-3/h5,8H,6-7H2,1-4H3. The van der Waals surface area contributed by atoms with Crippen molar-refractivity contribution < 1.29 is 8.85 Å². The minimum absolute atomic E-state index is 0.729. The molecule has 0 aliphatic heterocycles. The van der Waals surface area contributed by atoms with Gasteiger partial charge < -0.3 is 8.85 Å². The Balaban J connectivity index is 4.01. The third-order valence-corrected chi connectivity index (χ3v) is 3.99. The van der Waals surface area contributed by atoms with Crippen LogP contribution in [0, 0.1) is 0 Å². The summed E-state index contributed by atoms with van der Waals surface area (Å²) in [6.45, 7) is 9.49. The zero-order valence-corrected chi connectivity index (χ0v) is 8.89. The molecule has 3 heteroatoms. The highest BCUT2D eigenvalue weighted by atomic mass is 28.4. The van der Waals surface area contributed by atoms with Crippen molar-refractivity contribution in [2.45, 2.75) is 27.3 Å². The third kappa shape index (κ3) is 4.34. The van der Waals surface area contributed by atoms with Gasteiger partial charge in [0, 0.05) is 13.2 Å². The van der Waals surface area contributed by atoms with Gasteiger partial charge in [-0.2, -0.15) is 0 Å². The first kappa shape index (κ1) is 10.9. The van der Waals surface area contributed by atoms with Crippen molar-refractivity contribution in [3.8, 4) is 0 Å². The molecule has 0 atom stereocenters. The summed E-state index contributed by atoms with van der Waals surface area (Å²) >= 11 is 0. The Hall–Kier alpha value is -0.123. The topological polar surface area (TPSA) is 18.5 Å². The monoisotopic (exact) mass is 174 g/mol. The molecule has 0 N–H and O–H groups in total. The van der Waals surface area contributed by atoms with Crippen molar-refractivity contribution in [2.75, 3.05) is 13.2 Å². The summed E-state index contributed by atoms with van der Waals surface area (Å²) in [5.41, 5.74) is 2.06. The van der Waals surface area contributed by atoms with Crippen LogP contribution < -0.4 is 0 Å². The Bertz CT molecular complexity index is 117. The van der Waals surface area contributed by atoms with Crippen molar-refractivity contribution in [3.05, 3.63) is 11.8 Å². The van der Waals surface area contributed by atoms with E-state index in [2.05, 4.69) is 12.2 Å². The molecule has 0 saturated carbocycles. The largest absolute Gasteiger partial charge is 0.392 e. The minimum atomic E-state index is -1.93. The molecule has 0 fully saturated rings. The molecule has 0 heterocycles. The molecule has 0 aromatic carbocycles. The molecule has 0 rings (SSSR count). The van der Waals surface area contributed by atoms with E-state index in [-0.39, 0.29) is 0 Å². The van der Waals surface area contributed by atoms with Crippen LogP contribution in [0.2, 0.25) is 6.55 Å². The summed E-state index contributed by atoms with van der Waals surface area (Å²) in [5.74, 6) is 0. The lowest BCUT2D eigenvalue weighted by Gasteiger charge is -2.21. The van der Waals surface area contributed by atoms with Crippen LogP contribution in [0.4, 0.5) is 0 Å². The zero-order chi connectivity index (χ0) is 8.74. The quantitative estimate of drug-likeness (QED) is 0.595. The highest BCUT2D eigenvalue weighted by molar-refractivity contribution is 6.71. The molecule has 11 heavy (non-hydrogen) atoms. The van der Waals surface area contributed by atoms with Gasteiger partial charge in [-0.3, -0.25) is 0 Å². The Labute approximate surface area is 70.5 Å². The maximum Gasteiger partial charge on any atom is 0.361 e. The average molecular weight is 174 g/mol. The van der Waals surface area contributed by atoms with Gasteiger partial charge in [0.1, 0.15) is 0 Å². The summed E-state index contributed by atoms with van der Waals surface area (Å²) in [7, 11) is -1.93. The first-order valence-electron chi connectivity index (χ1n) is 4.10. The molecule has 0 aromatic rings. The summed E-state index contributed by atoms with van der Waals surface area (Å²) in [4.78, 5) is 0. The van der Waals surface area contributed by atoms with Gasteiger partial charge in [0.2, 0.25) is 0 Å². The van der Waals surface area contributed by atoms with E-state index in [0.29, 0.717) is 0 Å². The molecular formula is C8H18O2Si. The predicted octanol–water partition coefficient (Wildman–Crippen LogP) is 2.25. The highest BCUT2D eigenvalue weighted by Gasteiger charge is 2.26. The predicted molar refractivity (Wildman–Crippen MR) is 49.7 cm³/mol. The van der Waals surface area contributed by atoms with Crippen LogP contribution in [0.3, 0.4) is 0 Å². The Morgan fingerprint density at radius 1 is 1.18 bits per heavy atom. The summed E-state index contributed by atoms with van der Waals surface area (Å²) in [6, 6.07) is 0. The van der Waals surface area contributed by atoms with E-state index < -0.39 is 8.56 Å². The summed E-state index contributed by atoms with van der Waals surface area (Å²) in [5, 5.41) is 0. The van der Waals surface area contributed by atoms with Crippen LogP contribution >= 0.6 is 0 Å². The molecule has 2 nitrogen and oxygen atoms in total. The van der Waals surface area contributed by atoms with Crippen molar-refractivity contribution in [3.63, 3.8) is 0 Å². The molecule has 0 saturated heterocycles. The smallest absolute Gasteiger partial charge is 0.361 e. The lowest BCUT2D eigenvalue weighted by molar-refractivity contribution is 0.201. The van der Waals surface area contributed by atoms with Crippen LogP contribution in [-0.4, -0.2) is 21.8 Å². The van der Waals surface area contributed by atoms with Crippen molar-refractivity contribution >= 4 is 8.56 Å². The van der Waals surface area contributed by atoms with E-state index in [0.717, 1.165) is 13.2 Å². The molecule has 0 aliphatic rings. The van der Waals surface area contributed by atoms with Gasteiger partial charge in [-0.15, -0.1) is 0 Å². The van der Waals surface area contributed by atoms with E-state index in [1.807, 2.05) is 26.8 Å². The fourth-order valence-electron chi connectivity index (χ4n) is 1.01. The first-order chi connectivity index (χ1) is 5.18. The van der Waals surface area contributed by atoms with Crippen LogP contribution in [0.5, 0.6) is 0 Å². The van der Waals surface area contributed by atoms with E-state index >= 15 is 0 Å². The minimum Gasteiger partial charge on any atom is -0.392 e. The zero-order valence-electron chi connectivity index (χ0n) is 7.89. The van der Waals surface area contributed by atoms with Gasteiger partial charge >= 0.3 is 8.56 Å². The lowest BCUT2D eigenvalue weighted by atomic mass is 10.8. The number of hydrogen-bond donors (Lipinski definition) is 0. The lowest BCUT2D eigenvalue weighted by Crippen LogP contribution is -2.36. The van der Waals surface area contributed by atoms with Crippen molar-refractivity contribution in [2.24, 2.45) is 0 Å². The second-order valence-corrected chi connectivity index (χ2v) is 5.32. The summed E-state index contributed by atoms with van der Waals surface area (Å²) in [6.07, 6.45) is 2.00. The molecule has 0 aliphatic carbocycles.